The van der Waals surface area contributed by atoms with Gasteiger partial charge in [0.1, 0.15) is 0 Å². The summed E-state index contributed by atoms with van der Waals surface area (Å²) in [6, 6.07) is 3.10. The van der Waals surface area contributed by atoms with Gasteiger partial charge >= 0.3 is 5.69 Å². The molecule has 0 radical (unpaired) electrons. The van der Waals surface area contributed by atoms with Crippen LogP contribution in [0.25, 0.3) is 10.9 Å². The van der Waals surface area contributed by atoms with Crippen LogP contribution in [-0.2, 0) is 6.54 Å². The molecule has 0 aliphatic heterocycles. The first-order valence-corrected chi connectivity index (χ1v) is 7.87. The van der Waals surface area contributed by atoms with Crippen molar-refractivity contribution in [2.24, 2.45) is 0 Å². The highest BCUT2D eigenvalue weighted by Gasteiger charge is 2.18. The molecule has 132 valence electrons. The van der Waals surface area contributed by atoms with Crippen LogP contribution >= 0.6 is 0 Å². The van der Waals surface area contributed by atoms with E-state index in [1.54, 1.807) is 16.7 Å². The van der Waals surface area contributed by atoms with E-state index in [-0.39, 0.29) is 17.3 Å². The van der Waals surface area contributed by atoms with Gasteiger partial charge in [-0.15, -0.1) is 0 Å². The molecule has 7 nitrogen and oxygen atoms in total. The van der Waals surface area contributed by atoms with Crippen molar-refractivity contribution in [3.05, 3.63) is 33.0 Å². The first-order chi connectivity index (χ1) is 11.3. The number of fused-ring (bicyclic) bond motifs is 1. The van der Waals surface area contributed by atoms with Crippen molar-refractivity contribution in [3.63, 3.8) is 0 Å². The fraction of sp³-hybridized carbons (Fsp3) is 0.529. The van der Waals surface area contributed by atoms with Crippen LogP contribution in [0.5, 0.6) is 11.5 Å². The molecule has 24 heavy (non-hydrogen) atoms. The Bertz CT molecular complexity index is 850. The van der Waals surface area contributed by atoms with E-state index >= 15 is 0 Å². The Morgan fingerprint density at radius 2 is 1.67 bits per heavy atom. The minimum absolute atomic E-state index is 0.229. The summed E-state index contributed by atoms with van der Waals surface area (Å²) in [7, 11) is 6.93. The molecule has 0 spiro atoms. The number of nitrogens with zero attached hydrogens (tertiary/aromatic N) is 3. The lowest BCUT2D eigenvalue weighted by atomic mass is 10.2. The summed E-state index contributed by atoms with van der Waals surface area (Å²) >= 11 is 0. The molecule has 0 fully saturated rings. The molecule has 0 atom stereocenters. The number of benzene rings is 1. The van der Waals surface area contributed by atoms with Crippen LogP contribution in [0.3, 0.4) is 0 Å². The zero-order valence-corrected chi connectivity index (χ0v) is 15.1. The van der Waals surface area contributed by atoms with Crippen LogP contribution in [-0.4, -0.2) is 48.9 Å². The van der Waals surface area contributed by atoms with Crippen LogP contribution in [0.15, 0.2) is 21.7 Å². The van der Waals surface area contributed by atoms with Crippen LogP contribution in [0.4, 0.5) is 0 Å². The smallest absolute Gasteiger partial charge is 0.331 e. The van der Waals surface area contributed by atoms with Crippen molar-refractivity contribution in [1.29, 1.82) is 0 Å². The number of hydrogen-bond acceptors (Lipinski definition) is 5. The van der Waals surface area contributed by atoms with Gasteiger partial charge in [-0.2, -0.15) is 0 Å². The van der Waals surface area contributed by atoms with Gasteiger partial charge in [0.2, 0.25) is 0 Å². The molecule has 2 aromatic rings. The van der Waals surface area contributed by atoms with Crippen molar-refractivity contribution >= 4 is 10.9 Å². The first kappa shape index (κ1) is 18.1. The van der Waals surface area contributed by atoms with Crippen molar-refractivity contribution in [1.82, 2.24) is 14.0 Å². The van der Waals surface area contributed by atoms with Crippen LogP contribution in [0, 0.1) is 0 Å². The molecular formula is C17H25N3O4. The number of ether oxygens (including phenoxy) is 2. The van der Waals surface area contributed by atoms with E-state index in [0.717, 1.165) is 0 Å². The molecule has 1 aromatic carbocycles. The van der Waals surface area contributed by atoms with Gasteiger partial charge in [-0.25, -0.2) is 4.79 Å². The largest absolute Gasteiger partial charge is 0.493 e. The molecular weight excluding hydrogens is 310 g/mol. The molecule has 0 unspecified atom stereocenters. The summed E-state index contributed by atoms with van der Waals surface area (Å²) in [6.07, 6.45) is 0. The normalized spacial score (nSPS) is 11.5. The van der Waals surface area contributed by atoms with E-state index in [9.17, 15) is 9.59 Å². The van der Waals surface area contributed by atoms with Crippen molar-refractivity contribution in [2.45, 2.75) is 26.4 Å². The van der Waals surface area contributed by atoms with Crippen LogP contribution in [0.2, 0.25) is 0 Å². The lowest BCUT2D eigenvalue weighted by Gasteiger charge is -2.19. The molecule has 0 aliphatic carbocycles. The van der Waals surface area contributed by atoms with Gasteiger partial charge in [0.15, 0.2) is 11.5 Å². The van der Waals surface area contributed by atoms with E-state index in [0.29, 0.717) is 35.5 Å². The summed E-state index contributed by atoms with van der Waals surface area (Å²) in [5, 5.41) is 0.444. The average molecular weight is 335 g/mol. The zero-order chi connectivity index (χ0) is 18.0. The Morgan fingerprint density at radius 1 is 1.08 bits per heavy atom. The number of methoxy groups -OCH3 is 2. The minimum Gasteiger partial charge on any atom is -0.493 e. The number of aromatic nitrogens is 2. The van der Waals surface area contributed by atoms with Crippen molar-refractivity contribution in [2.75, 3.05) is 34.9 Å². The summed E-state index contributed by atoms with van der Waals surface area (Å²) in [4.78, 5) is 27.6. The summed E-state index contributed by atoms with van der Waals surface area (Å²) in [6.45, 7) is 4.81. The highest BCUT2D eigenvalue weighted by molar-refractivity contribution is 5.82. The average Bonchev–Trinajstić information content (AvgIpc) is 2.52. The van der Waals surface area contributed by atoms with Gasteiger partial charge in [-0.3, -0.25) is 13.9 Å². The molecule has 0 amide bonds. The summed E-state index contributed by atoms with van der Waals surface area (Å²) < 4.78 is 13.5. The van der Waals surface area contributed by atoms with E-state index in [4.69, 9.17) is 9.47 Å². The lowest BCUT2D eigenvalue weighted by molar-refractivity contribution is 0.354. The standard InChI is InChI=1S/C17H25N3O4/c1-11(2)20-16(21)12-9-14(23-5)15(24-6)10-13(12)19(17(20)22)8-7-18(3)4/h9-11H,7-8H2,1-6H3. The molecule has 0 saturated heterocycles. The fourth-order valence-corrected chi connectivity index (χ4v) is 2.68. The van der Waals surface area contributed by atoms with Gasteiger partial charge in [0.05, 0.1) is 25.1 Å². The molecule has 1 aromatic heterocycles. The van der Waals surface area contributed by atoms with E-state index in [2.05, 4.69) is 0 Å². The lowest BCUT2D eigenvalue weighted by Crippen LogP contribution is -2.42. The van der Waals surface area contributed by atoms with Crippen LogP contribution in [0.1, 0.15) is 19.9 Å². The minimum atomic E-state index is -0.313. The monoisotopic (exact) mass is 335 g/mol. The maximum absolute atomic E-state index is 12.8. The predicted octanol–water partition coefficient (Wildman–Crippen LogP) is 1.32. The predicted molar refractivity (Wildman–Crippen MR) is 94.5 cm³/mol. The quantitative estimate of drug-likeness (QED) is 0.797. The van der Waals surface area contributed by atoms with Gasteiger partial charge in [-0.1, -0.05) is 0 Å². The molecule has 0 bridgehead atoms. The molecule has 2 rings (SSSR count). The van der Waals surface area contributed by atoms with Gasteiger partial charge in [-0.05, 0) is 34.0 Å². The third kappa shape index (κ3) is 3.17. The maximum Gasteiger partial charge on any atom is 0.331 e. The Kier molecular flexibility index (Phi) is 5.33. The maximum atomic E-state index is 12.8. The molecule has 1 heterocycles. The third-order valence-electron chi connectivity index (χ3n) is 3.97. The third-order valence-corrected chi connectivity index (χ3v) is 3.97. The Morgan fingerprint density at radius 3 is 2.17 bits per heavy atom. The first-order valence-electron chi connectivity index (χ1n) is 7.87. The highest BCUT2D eigenvalue weighted by Crippen LogP contribution is 2.30. The Hall–Kier alpha value is -2.28. The molecule has 0 N–H and O–H groups in total. The highest BCUT2D eigenvalue weighted by atomic mass is 16.5. The number of rotatable bonds is 6. The second-order valence-electron chi connectivity index (χ2n) is 6.23. The SMILES string of the molecule is COc1cc2c(=O)n(C(C)C)c(=O)n(CCN(C)C)c2cc1OC. The van der Waals surface area contributed by atoms with E-state index in [1.165, 1.54) is 18.8 Å². The number of likely N-dealkylation sites (N-methyl/N-ethyl adjacent to an activating group) is 1. The van der Waals surface area contributed by atoms with Crippen molar-refractivity contribution < 1.29 is 9.47 Å². The van der Waals surface area contributed by atoms with Crippen molar-refractivity contribution in [3.8, 4) is 11.5 Å². The summed E-state index contributed by atoms with van der Waals surface area (Å²) in [5.41, 5.74) is -0.0648. The van der Waals surface area contributed by atoms with E-state index < -0.39 is 0 Å². The molecule has 0 aliphatic rings. The van der Waals surface area contributed by atoms with Gasteiger partial charge in [0, 0.05) is 25.2 Å². The fourth-order valence-electron chi connectivity index (χ4n) is 2.68. The second kappa shape index (κ2) is 7.09. The van der Waals surface area contributed by atoms with E-state index in [1.807, 2.05) is 32.8 Å². The molecule has 0 saturated carbocycles. The Balaban J connectivity index is 2.89. The van der Waals surface area contributed by atoms with Gasteiger partial charge in [0.25, 0.3) is 5.56 Å². The Labute approximate surface area is 141 Å². The summed E-state index contributed by atoms with van der Waals surface area (Å²) in [5.74, 6) is 0.958. The number of hydrogen-bond donors (Lipinski definition) is 0. The van der Waals surface area contributed by atoms with Gasteiger partial charge < -0.3 is 14.4 Å². The van der Waals surface area contributed by atoms with Crippen LogP contribution < -0.4 is 20.7 Å². The topological polar surface area (TPSA) is 65.7 Å². The second-order valence-corrected chi connectivity index (χ2v) is 6.23. The molecule has 7 heteroatoms. The zero-order valence-electron chi connectivity index (χ0n) is 15.1.